The Morgan fingerprint density at radius 3 is 2.48 bits per heavy atom. The summed E-state index contributed by atoms with van der Waals surface area (Å²) in [4.78, 5) is 42.3. The van der Waals surface area contributed by atoms with Gasteiger partial charge in [-0.05, 0) is 45.2 Å². The lowest BCUT2D eigenvalue weighted by molar-refractivity contribution is -0.146. The smallest absolute Gasteiger partial charge is 0.315 e. The number of carbonyl (C=O) groups is 3. The predicted octanol–water partition coefficient (Wildman–Crippen LogP) is 1.33. The molecule has 2 aliphatic heterocycles. The molecule has 3 fully saturated rings. The third kappa shape index (κ3) is 4.84. The molecular weight excluding hydrogens is 394 g/mol. The normalized spacial score (nSPS) is 26.4. The zero-order chi connectivity index (χ0) is 22.0. The molecule has 1 aromatic rings. The van der Waals surface area contributed by atoms with Crippen molar-refractivity contribution in [2.24, 2.45) is 0 Å². The van der Waals surface area contributed by atoms with E-state index in [0.717, 1.165) is 25.8 Å². The molecule has 0 aromatic heterocycles. The number of nitrogens with one attached hydrogen (secondary N) is 3. The Labute approximate surface area is 183 Å². The molecule has 8 heteroatoms. The van der Waals surface area contributed by atoms with E-state index in [1.54, 1.807) is 12.1 Å². The van der Waals surface area contributed by atoms with Crippen LogP contribution >= 0.6 is 0 Å². The molecule has 0 spiro atoms. The van der Waals surface area contributed by atoms with E-state index in [-0.39, 0.29) is 42.0 Å². The molecule has 3 N–H and O–H groups in total. The first-order chi connectivity index (χ1) is 14.9. The molecule has 8 nitrogen and oxygen atoms in total. The largest absolute Gasteiger partial charge is 0.350 e. The highest BCUT2D eigenvalue weighted by Gasteiger charge is 2.48. The molecule has 2 saturated heterocycles. The number of nitrogens with zero attached hydrogens (tertiary/aromatic N) is 2. The molecule has 4 amide bonds. The van der Waals surface area contributed by atoms with Gasteiger partial charge in [-0.25, -0.2) is 4.79 Å². The SMILES string of the molecule is CC(C)NC(=O)N[C@H]1C[C@H]2CN(C3CCC3)[C@@H](CNC(=O)c3ccccc3)C(=O)N2C1. The lowest BCUT2D eigenvalue weighted by Gasteiger charge is -2.48. The van der Waals surface area contributed by atoms with Crippen LogP contribution in [0.1, 0.15) is 49.9 Å². The van der Waals surface area contributed by atoms with E-state index < -0.39 is 0 Å². The monoisotopic (exact) mass is 427 g/mol. The van der Waals surface area contributed by atoms with Crippen LogP contribution in [0.15, 0.2) is 30.3 Å². The number of hydrogen-bond acceptors (Lipinski definition) is 4. The Bertz CT molecular complexity index is 811. The van der Waals surface area contributed by atoms with Gasteiger partial charge in [0.05, 0.1) is 6.04 Å². The zero-order valence-electron chi connectivity index (χ0n) is 18.3. The average Bonchev–Trinajstić information content (AvgIpc) is 3.08. The summed E-state index contributed by atoms with van der Waals surface area (Å²) < 4.78 is 0. The van der Waals surface area contributed by atoms with Crippen LogP contribution in [0, 0.1) is 0 Å². The van der Waals surface area contributed by atoms with Crippen LogP contribution in [0.2, 0.25) is 0 Å². The molecule has 2 heterocycles. The maximum atomic E-state index is 13.4. The summed E-state index contributed by atoms with van der Waals surface area (Å²) in [5, 5.41) is 8.84. The first kappa shape index (κ1) is 21.6. The second-order valence-corrected chi connectivity index (χ2v) is 9.22. The van der Waals surface area contributed by atoms with Gasteiger partial charge in [0.15, 0.2) is 0 Å². The molecular formula is C23H33N5O3. The van der Waals surface area contributed by atoms with Crippen molar-refractivity contribution in [3.05, 3.63) is 35.9 Å². The molecule has 1 aromatic carbocycles. The first-order valence-electron chi connectivity index (χ1n) is 11.4. The highest BCUT2D eigenvalue weighted by atomic mass is 16.2. The van der Waals surface area contributed by atoms with Gasteiger partial charge in [-0.3, -0.25) is 14.5 Å². The molecule has 168 valence electrons. The van der Waals surface area contributed by atoms with Gasteiger partial charge in [0, 0.05) is 43.3 Å². The minimum absolute atomic E-state index is 0.0476. The fourth-order valence-corrected chi connectivity index (χ4v) is 4.86. The van der Waals surface area contributed by atoms with Crippen molar-refractivity contribution in [1.29, 1.82) is 0 Å². The van der Waals surface area contributed by atoms with Crippen LogP contribution in [0.4, 0.5) is 4.79 Å². The molecule has 1 saturated carbocycles. The Kier molecular flexibility index (Phi) is 6.46. The quantitative estimate of drug-likeness (QED) is 0.639. The van der Waals surface area contributed by atoms with Gasteiger partial charge in [-0.1, -0.05) is 24.6 Å². The third-order valence-corrected chi connectivity index (χ3v) is 6.60. The van der Waals surface area contributed by atoms with Crippen molar-refractivity contribution in [3.8, 4) is 0 Å². The van der Waals surface area contributed by atoms with Crippen LogP contribution in [0.3, 0.4) is 0 Å². The van der Waals surface area contributed by atoms with Gasteiger partial charge in [0.1, 0.15) is 6.04 Å². The first-order valence-corrected chi connectivity index (χ1v) is 11.4. The van der Waals surface area contributed by atoms with Gasteiger partial charge >= 0.3 is 6.03 Å². The van der Waals surface area contributed by atoms with Crippen molar-refractivity contribution in [1.82, 2.24) is 25.8 Å². The number of rotatable bonds is 6. The topological polar surface area (TPSA) is 93.8 Å². The number of urea groups is 1. The maximum Gasteiger partial charge on any atom is 0.315 e. The molecule has 0 unspecified atom stereocenters. The summed E-state index contributed by atoms with van der Waals surface area (Å²) in [5.41, 5.74) is 0.598. The Morgan fingerprint density at radius 2 is 1.84 bits per heavy atom. The highest BCUT2D eigenvalue weighted by Crippen LogP contribution is 2.33. The van der Waals surface area contributed by atoms with E-state index >= 15 is 0 Å². The molecule has 0 radical (unpaired) electrons. The number of benzene rings is 1. The van der Waals surface area contributed by atoms with Gasteiger partial charge in [0.25, 0.3) is 5.91 Å². The number of carbonyl (C=O) groups excluding carboxylic acids is 3. The summed E-state index contributed by atoms with van der Waals surface area (Å²) in [5.74, 6) is -0.0968. The van der Waals surface area contributed by atoms with E-state index in [1.165, 1.54) is 6.42 Å². The van der Waals surface area contributed by atoms with Crippen LogP contribution in [0.25, 0.3) is 0 Å². The highest BCUT2D eigenvalue weighted by molar-refractivity contribution is 5.94. The van der Waals surface area contributed by atoms with E-state index in [4.69, 9.17) is 0 Å². The number of amides is 4. The predicted molar refractivity (Wildman–Crippen MR) is 118 cm³/mol. The summed E-state index contributed by atoms with van der Waals surface area (Å²) in [6.45, 7) is 5.47. The molecule has 1 aliphatic carbocycles. The minimum atomic E-state index is -0.350. The fraction of sp³-hybridized carbons (Fsp3) is 0.609. The summed E-state index contributed by atoms with van der Waals surface area (Å²) in [6, 6.07) is 9.09. The second kappa shape index (κ2) is 9.26. The van der Waals surface area contributed by atoms with Crippen molar-refractivity contribution in [2.45, 2.75) is 69.7 Å². The van der Waals surface area contributed by atoms with Crippen molar-refractivity contribution in [3.63, 3.8) is 0 Å². The van der Waals surface area contributed by atoms with E-state index in [1.807, 2.05) is 36.9 Å². The van der Waals surface area contributed by atoms with Crippen molar-refractivity contribution in [2.75, 3.05) is 19.6 Å². The lowest BCUT2D eigenvalue weighted by Crippen LogP contribution is -2.65. The molecule has 31 heavy (non-hydrogen) atoms. The van der Waals surface area contributed by atoms with E-state index in [2.05, 4.69) is 20.9 Å². The molecule has 0 bridgehead atoms. The Balaban J connectivity index is 1.41. The molecule has 3 atom stereocenters. The number of piperazine rings is 1. The lowest BCUT2D eigenvalue weighted by atomic mass is 9.88. The van der Waals surface area contributed by atoms with E-state index in [9.17, 15) is 14.4 Å². The van der Waals surface area contributed by atoms with Gasteiger partial charge in [-0.2, -0.15) is 0 Å². The summed E-state index contributed by atoms with van der Waals surface area (Å²) >= 11 is 0. The van der Waals surface area contributed by atoms with Gasteiger partial charge in [-0.15, -0.1) is 0 Å². The fourth-order valence-electron chi connectivity index (χ4n) is 4.86. The third-order valence-electron chi connectivity index (χ3n) is 6.60. The van der Waals surface area contributed by atoms with Gasteiger partial charge in [0.2, 0.25) is 5.91 Å². The van der Waals surface area contributed by atoms with Crippen molar-refractivity contribution >= 4 is 17.8 Å². The summed E-state index contributed by atoms with van der Waals surface area (Å²) in [6.07, 6.45) is 4.15. The van der Waals surface area contributed by atoms with Gasteiger partial charge < -0.3 is 20.9 Å². The van der Waals surface area contributed by atoms with Crippen LogP contribution < -0.4 is 16.0 Å². The van der Waals surface area contributed by atoms with Crippen LogP contribution in [-0.4, -0.2) is 77.5 Å². The van der Waals surface area contributed by atoms with Crippen LogP contribution in [0.5, 0.6) is 0 Å². The van der Waals surface area contributed by atoms with E-state index in [0.29, 0.717) is 24.7 Å². The zero-order valence-corrected chi connectivity index (χ0v) is 18.3. The molecule has 3 aliphatic rings. The van der Waals surface area contributed by atoms with Crippen molar-refractivity contribution < 1.29 is 14.4 Å². The second-order valence-electron chi connectivity index (χ2n) is 9.22. The Morgan fingerprint density at radius 1 is 1.10 bits per heavy atom. The average molecular weight is 428 g/mol. The maximum absolute atomic E-state index is 13.4. The number of fused-ring (bicyclic) bond motifs is 1. The number of hydrogen-bond donors (Lipinski definition) is 3. The standard InChI is InChI=1S/C23H33N5O3/c1-15(2)25-23(31)26-17-11-19-14-27(18-9-6-10-18)20(22(30)28(19)13-17)12-24-21(29)16-7-4-3-5-8-16/h3-5,7-8,15,17-20H,6,9-14H2,1-2H3,(H,24,29)(H2,25,26,31)/t17-,19-,20-/m0/s1. The minimum Gasteiger partial charge on any atom is -0.350 e. The molecule has 4 rings (SSSR count). The van der Waals surface area contributed by atoms with Crippen LogP contribution in [-0.2, 0) is 4.79 Å². The Hall–Kier alpha value is -2.61. The summed E-state index contributed by atoms with van der Waals surface area (Å²) in [7, 11) is 0.